The molecule has 2 nitrogen and oxygen atoms in total. The van der Waals surface area contributed by atoms with Gasteiger partial charge < -0.3 is 9.13 Å². The largest absolute Gasteiger partial charge is 0.308 e. The number of aromatic nitrogens is 2. The van der Waals surface area contributed by atoms with Crippen LogP contribution in [-0.4, -0.2) is 9.13 Å². The van der Waals surface area contributed by atoms with Crippen LogP contribution in [0.25, 0.3) is 109 Å². The topological polar surface area (TPSA) is 9.86 Å². The summed E-state index contributed by atoms with van der Waals surface area (Å²) in [4.78, 5) is 0. The molecule has 0 aliphatic rings. The van der Waals surface area contributed by atoms with E-state index in [1.165, 1.54) is 98.1 Å². The van der Waals surface area contributed by atoms with Gasteiger partial charge in [-0.2, -0.15) is 0 Å². The minimum absolute atomic E-state index is 1.08. The van der Waals surface area contributed by atoms with Gasteiger partial charge in [0.05, 0.1) is 33.4 Å². The van der Waals surface area contributed by atoms with Crippen LogP contribution in [0.15, 0.2) is 170 Å². The maximum Gasteiger partial charge on any atom is 0.0639 e. The molecule has 0 amide bonds. The van der Waals surface area contributed by atoms with Crippen LogP contribution >= 0.6 is 0 Å². The van der Waals surface area contributed by atoms with E-state index in [2.05, 4.69) is 185 Å². The zero-order chi connectivity index (χ0) is 33.9. The summed E-state index contributed by atoms with van der Waals surface area (Å²) in [7, 11) is 0. The molecule has 0 N–H and O–H groups in total. The van der Waals surface area contributed by atoms with Crippen molar-refractivity contribution in [1.82, 2.24) is 9.13 Å². The number of hydrogen-bond donors (Lipinski definition) is 0. The molecule has 0 spiro atoms. The summed E-state index contributed by atoms with van der Waals surface area (Å²) >= 11 is 0. The van der Waals surface area contributed by atoms with Crippen LogP contribution in [0.5, 0.6) is 0 Å². The van der Waals surface area contributed by atoms with Crippen LogP contribution in [0.2, 0.25) is 0 Å². The second-order valence-corrected chi connectivity index (χ2v) is 13.8. The van der Waals surface area contributed by atoms with E-state index in [4.69, 9.17) is 0 Å². The number of para-hydroxylation sites is 2. The lowest BCUT2D eigenvalue weighted by molar-refractivity contribution is 1.20. The van der Waals surface area contributed by atoms with E-state index in [1.54, 1.807) is 0 Å². The summed E-state index contributed by atoms with van der Waals surface area (Å²) in [5, 5.41) is 17.1. The Kier molecular flexibility index (Phi) is 5.45. The lowest BCUT2D eigenvalue weighted by Gasteiger charge is -2.17. The van der Waals surface area contributed by atoms with E-state index in [9.17, 15) is 0 Å². The van der Waals surface area contributed by atoms with E-state index >= 15 is 0 Å². The fourth-order valence-electron chi connectivity index (χ4n) is 9.26. The SMILES string of the molecule is c1ccc2c(c#1)c1c(c3ccccc3c3c4ccccc4n(-c4cccc5ccccc45)c31)c1c3ccccc3n(-c3cccc4ccccc34)c21. The van der Waals surface area contributed by atoms with Crippen LogP contribution in [0, 0.1) is 12.1 Å². The average Bonchev–Trinajstić information content (AvgIpc) is 3.74. The van der Waals surface area contributed by atoms with Gasteiger partial charge in [-0.25, -0.2) is 0 Å². The summed E-state index contributed by atoms with van der Waals surface area (Å²) in [6, 6.07) is 69.1. The first-order valence-electron chi connectivity index (χ1n) is 17.9. The Bertz CT molecular complexity index is 3460. The number of nitrogens with zero attached hydrogens (tertiary/aromatic N) is 2. The van der Waals surface area contributed by atoms with Gasteiger partial charge in [-0.15, -0.1) is 0 Å². The molecule has 12 rings (SSSR count). The summed E-state index contributed by atoms with van der Waals surface area (Å²) in [5.41, 5.74) is 7.13. The first-order chi connectivity index (χ1) is 25.9. The van der Waals surface area contributed by atoms with E-state index in [0.29, 0.717) is 0 Å². The molecular weight excluding hydrogens is 629 g/mol. The Morgan fingerprint density at radius 1 is 0.327 bits per heavy atom. The third kappa shape index (κ3) is 3.49. The minimum Gasteiger partial charge on any atom is -0.308 e. The van der Waals surface area contributed by atoms with Gasteiger partial charge in [0.2, 0.25) is 0 Å². The molecule has 2 heteroatoms. The molecule has 0 atom stereocenters. The van der Waals surface area contributed by atoms with Crippen LogP contribution in [0.4, 0.5) is 0 Å². The zero-order valence-electron chi connectivity index (χ0n) is 28.1. The highest BCUT2D eigenvalue weighted by Crippen LogP contribution is 2.50. The maximum absolute atomic E-state index is 3.71. The van der Waals surface area contributed by atoms with Gasteiger partial charge in [0.15, 0.2) is 0 Å². The highest BCUT2D eigenvalue weighted by atomic mass is 15.0. The van der Waals surface area contributed by atoms with Crippen LogP contribution in [-0.2, 0) is 0 Å². The fourth-order valence-corrected chi connectivity index (χ4v) is 9.26. The van der Waals surface area contributed by atoms with Crippen molar-refractivity contribution in [3.63, 3.8) is 0 Å². The molecule has 10 aromatic carbocycles. The normalized spacial score (nSPS) is 12.1. The molecule has 0 bridgehead atoms. The third-order valence-corrected chi connectivity index (χ3v) is 11.3. The standard InChI is InChI=1S/C50H28N2/c1-3-19-33-31(15-1)17-13-29-41(33)51-44-28-12-10-26-40(44)48-46-36-22-6-5-21-35(36)45-39-25-9-11-27-43(39)52(42-30-14-18-32-16-2-4-20-34(32)42)50(45)47(46)37-23-7-8-24-38(37)49(48)51/h1-6,8-22,24-30H. The Labute approximate surface area is 299 Å². The van der Waals surface area contributed by atoms with E-state index in [-0.39, 0.29) is 0 Å². The number of fused-ring (bicyclic) bond motifs is 17. The van der Waals surface area contributed by atoms with Gasteiger partial charge in [0, 0.05) is 53.9 Å². The number of rotatable bonds is 2. The highest BCUT2D eigenvalue weighted by molar-refractivity contribution is 6.44. The first kappa shape index (κ1) is 27.7. The third-order valence-electron chi connectivity index (χ3n) is 11.3. The molecule has 0 saturated carbocycles. The van der Waals surface area contributed by atoms with Crippen LogP contribution < -0.4 is 0 Å². The van der Waals surface area contributed by atoms with Crippen molar-refractivity contribution in [2.45, 2.75) is 0 Å². The molecule has 238 valence electrons. The van der Waals surface area contributed by atoms with Crippen molar-refractivity contribution in [1.29, 1.82) is 0 Å². The van der Waals surface area contributed by atoms with Crippen molar-refractivity contribution in [3.05, 3.63) is 182 Å². The number of hydrogen-bond acceptors (Lipinski definition) is 0. The predicted molar refractivity (Wildman–Crippen MR) is 220 cm³/mol. The second-order valence-electron chi connectivity index (χ2n) is 13.8. The average molecular weight is 657 g/mol. The maximum atomic E-state index is 3.71. The number of benzene rings is 9. The molecule has 52 heavy (non-hydrogen) atoms. The minimum atomic E-state index is 1.08. The first-order valence-corrected chi connectivity index (χ1v) is 17.9. The van der Waals surface area contributed by atoms with Crippen molar-refractivity contribution < 1.29 is 0 Å². The zero-order valence-corrected chi connectivity index (χ0v) is 28.1. The van der Waals surface area contributed by atoms with Crippen molar-refractivity contribution in [2.75, 3.05) is 0 Å². The molecule has 0 fully saturated rings. The van der Waals surface area contributed by atoms with Crippen molar-refractivity contribution in [2.24, 2.45) is 0 Å². The van der Waals surface area contributed by atoms with E-state index in [1.807, 2.05) is 6.07 Å². The Morgan fingerprint density at radius 2 is 0.808 bits per heavy atom. The fraction of sp³-hybridized carbons (Fsp3) is 0. The molecule has 0 radical (unpaired) electrons. The van der Waals surface area contributed by atoms with Gasteiger partial charge in [-0.1, -0.05) is 146 Å². The smallest absolute Gasteiger partial charge is 0.0639 e. The molecule has 12 aromatic rings. The van der Waals surface area contributed by atoms with Crippen LogP contribution in [0.3, 0.4) is 0 Å². The molecule has 0 saturated heterocycles. The van der Waals surface area contributed by atoms with E-state index in [0.717, 1.165) is 10.8 Å². The predicted octanol–water partition coefficient (Wildman–Crippen LogP) is 13.2. The summed E-state index contributed by atoms with van der Waals surface area (Å²) in [6.07, 6.45) is 0. The molecule has 0 aliphatic heterocycles. The van der Waals surface area contributed by atoms with Crippen molar-refractivity contribution in [3.8, 4) is 11.4 Å². The van der Waals surface area contributed by atoms with Gasteiger partial charge >= 0.3 is 0 Å². The quantitative estimate of drug-likeness (QED) is 0.164. The van der Waals surface area contributed by atoms with Gasteiger partial charge in [-0.3, -0.25) is 0 Å². The molecular formula is C50H28N2. The summed E-state index contributed by atoms with van der Waals surface area (Å²) < 4.78 is 5.03. The highest BCUT2D eigenvalue weighted by Gasteiger charge is 2.26. The van der Waals surface area contributed by atoms with E-state index < -0.39 is 0 Å². The van der Waals surface area contributed by atoms with Crippen LogP contribution in [0.1, 0.15) is 0 Å². The Morgan fingerprint density at radius 3 is 1.44 bits per heavy atom. The Balaban J connectivity index is 1.43. The van der Waals surface area contributed by atoms with Gasteiger partial charge in [0.1, 0.15) is 0 Å². The molecule has 0 unspecified atom stereocenters. The van der Waals surface area contributed by atoms with Gasteiger partial charge in [0.25, 0.3) is 0 Å². The van der Waals surface area contributed by atoms with Gasteiger partial charge in [-0.05, 0) is 57.9 Å². The second kappa shape index (κ2) is 10.2. The Hall–Kier alpha value is -7.08. The van der Waals surface area contributed by atoms with Crippen molar-refractivity contribution >= 4 is 97.5 Å². The lowest BCUT2D eigenvalue weighted by atomic mass is 9.90. The summed E-state index contributed by atoms with van der Waals surface area (Å²) in [6.45, 7) is 0. The molecule has 0 aliphatic carbocycles. The molecule has 2 aromatic heterocycles. The summed E-state index contributed by atoms with van der Waals surface area (Å²) in [5.74, 6) is 0. The molecule has 2 heterocycles. The monoisotopic (exact) mass is 656 g/mol. The lowest BCUT2D eigenvalue weighted by Crippen LogP contribution is -1.98.